The Kier molecular flexibility index (Phi) is 6.49. The summed E-state index contributed by atoms with van der Waals surface area (Å²) in [6, 6.07) is 1.36. The molecule has 2 saturated heterocycles. The molecule has 21 heavy (non-hydrogen) atoms. The second-order valence-electron chi connectivity index (χ2n) is 6.85. The lowest BCUT2D eigenvalue weighted by Gasteiger charge is -2.36. The number of esters is 1. The predicted molar refractivity (Wildman–Crippen MR) is 85.3 cm³/mol. The zero-order valence-electron chi connectivity index (χ0n) is 14.0. The average molecular weight is 296 g/mol. The third kappa shape index (κ3) is 4.68. The lowest BCUT2D eigenvalue weighted by Crippen LogP contribution is -2.42. The number of ether oxygens (including phenoxy) is 1. The van der Waals surface area contributed by atoms with Crippen LogP contribution in [0.5, 0.6) is 0 Å². The van der Waals surface area contributed by atoms with Crippen LogP contribution < -0.4 is 0 Å². The lowest BCUT2D eigenvalue weighted by atomic mass is 9.95. The van der Waals surface area contributed by atoms with E-state index >= 15 is 0 Å². The fraction of sp³-hybridized carbons (Fsp3) is 0.941. The molecule has 0 N–H and O–H groups in total. The summed E-state index contributed by atoms with van der Waals surface area (Å²) in [6.07, 6.45) is 7.22. The van der Waals surface area contributed by atoms with E-state index in [4.69, 9.17) is 4.74 Å². The normalized spacial score (nSPS) is 24.9. The van der Waals surface area contributed by atoms with Crippen LogP contribution in [-0.2, 0) is 9.53 Å². The number of carbonyl (C=O) groups is 1. The summed E-state index contributed by atoms with van der Waals surface area (Å²) in [5, 5.41) is 0. The molecule has 0 amide bonds. The highest BCUT2D eigenvalue weighted by atomic mass is 16.5. The van der Waals surface area contributed by atoms with Crippen molar-refractivity contribution >= 4 is 5.97 Å². The van der Waals surface area contributed by atoms with Gasteiger partial charge < -0.3 is 14.5 Å². The molecule has 0 spiro atoms. The molecule has 0 saturated carbocycles. The fourth-order valence-electron chi connectivity index (χ4n) is 3.77. The van der Waals surface area contributed by atoms with Crippen LogP contribution in [0, 0.1) is 5.92 Å². The van der Waals surface area contributed by atoms with Gasteiger partial charge in [0.1, 0.15) is 0 Å². The Bertz CT molecular complexity index is 321. The van der Waals surface area contributed by atoms with Gasteiger partial charge in [0.25, 0.3) is 0 Å². The molecular weight excluding hydrogens is 264 g/mol. The van der Waals surface area contributed by atoms with Crippen molar-refractivity contribution in [2.75, 3.05) is 33.3 Å². The minimum atomic E-state index is -0.0232. The van der Waals surface area contributed by atoms with Gasteiger partial charge in [0.2, 0.25) is 0 Å². The summed E-state index contributed by atoms with van der Waals surface area (Å²) in [5.41, 5.74) is 0. The Morgan fingerprint density at radius 1 is 1.00 bits per heavy atom. The van der Waals surface area contributed by atoms with Crippen molar-refractivity contribution in [2.24, 2.45) is 5.92 Å². The van der Waals surface area contributed by atoms with Crippen molar-refractivity contribution in [3.05, 3.63) is 0 Å². The van der Waals surface area contributed by atoms with E-state index in [0.29, 0.717) is 6.04 Å². The fourth-order valence-corrected chi connectivity index (χ4v) is 3.77. The highest BCUT2D eigenvalue weighted by Gasteiger charge is 2.28. The zero-order valence-corrected chi connectivity index (χ0v) is 14.0. The summed E-state index contributed by atoms with van der Waals surface area (Å²) in [6.45, 7) is 9.38. The van der Waals surface area contributed by atoms with Crippen LogP contribution in [-0.4, -0.2) is 61.1 Å². The minimum Gasteiger partial charge on any atom is -0.469 e. The molecule has 0 aliphatic carbocycles. The highest BCUT2D eigenvalue weighted by Crippen LogP contribution is 2.23. The number of methoxy groups -OCH3 is 1. The van der Waals surface area contributed by atoms with Crippen molar-refractivity contribution in [1.82, 2.24) is 9.80 Å². The van der Waals surface area contributed by atoms with Gasteiger partial charge >= 0.3 is 5.97 Å². The van der Waals surface area contributed by atoms with Crippen molar-refractivity contribution in [3.8, 4) is 0 Å². The number of likely N-dealkylation sites (tertiary alicyclic amines) is 2. The van der Waals surface area contributed by atoms with Crippen LogP contribution in [0.1, 0.15) is 52.4 Å². The van der Waals surface area contributed by atoms with Gasteiger partial charge in [-0.05, 0) is 78.6 Å². The molecule has 2 rings (SSSR count). The first-order valence-electron chi connectivity index (χ1n) is 8.67. The molecule has 0 aromatic heterocycles. The zero-order chi connectivity index (χ0) is 15.2. The number of hydrogen-bond donors (Lipinski definition) is 0. The average Bonchev–Trinajstić information content (AvgIpc) is 3.06. The molecule has 0 aromatic carbocycles. The Morgan fingerprint density at radius 2 is 1.48 bits per heavy atom. The van der Waals surface area contributed by atoms with Gasteiger partial charge in [0, 0.05) is 12.1 Å². The molecule has 2 aliphatic rings. The maximum absolute atomic E-state index is 11.6. The number of piperidine rings is 1. The lowest BCUT2D eigenvalue weighted by molar-refractivity contribution is -0.147. The van der Waals surface area contributed by atoms with Crippen molar-refractivity contribution in [3.63, 3.8) is 0 Å². The maximum atomic E-state index is 11.6. The van der Waals surface area contributed by atoms with Crippen LogP contribution in [0.25, 0.3) is 0 Å². The van der Waals surface area contributed by atoms with Crippen molar-refractivity contribution in [2.45, 2.75) is 64.5 Å². The molecule has 0 radical (unpaired) electrons. The smallest absolute Gasteiger partial charge is 0.308 e. The Morgan fingerprint density at radius 3 is 1.95 bits per heavy atom. The van der Waals surface area contributed by atoms with Gasteiger partial charge in [-0.2, -0.15) is 0 Å². The number of nitrogens with zero attached hydrogens (tertiary/aromatic N) is 2. The van der Waals surface area contributed by atoms with Gasteiger partial charge in [-0.25, -0.2) is 0 Å². The van der Waals surface area contributed by atoms with E-state index in [0.717, 1.165) is 32.0 Å². The molecule has 2 unspecified atom stereocenters. The van der Waals surface area contributed by atoms with Crippen molar-refractivity contribution in [1.29, 1.82) is 0 Å². The first kappa shape index (κ1) is 16.8. The van der Waals surface area contributed by atoms with Crippen LogP contribution >= 0.6 is 0 Å². The topological polar surface area (TPSA) is 32.8 Å². The van der Waals surface area contributed by atoms with Crippen LogP contribution in [0.2, 0.25) is 0 Å². The first-order chi connectivity index (χ1) is 10.1. The molecule has 4 heteroatoms. The molecule has 2 atom stereocenters. The van der Waals surface area contributed by atoms with Gasteiger partial charge in [-0.1, -0.05) is 0 Å². The quantitative estimate of drug-likeness (QED) is 0.705. The largest absolute Gasteiger partial charge is 0.469 e. The van der Waals surface area contributed by atoms with Gasteiger partial charge in [-0.3, -0.25) is 4.79 Å². The number of carbonyl (C=O) groups excluding carboxylic acids is 1. The molecule has 0 aromatic rings. The van der Waals surface area contributed by atoms with E-state index in [9.17, 15) is 4.79 Å². The summed E-state index contributed by atoms with van der Waals surface area (Å²) in [7, 11) is 1.50. The minimum absolute atomic E-state index is 0.0232. The third-order valence-corrected chi connectivity index (χ3v) is 5.45. The standard InChI is InChI=1S/C17H32N2O2/c1-14(18-10-4-5-11-18)6-7-15(2)19-12-8-16(9-13-19)17(20)21-3/h14-16H,4-13H2,1-3H3. The number of rotatable bonds is 6. The third-order valence-electron chi connectivity index (χ3n) is 5.45. The summed E-state index contributed by atoms with van der Waals surface area (Å²) in [4.78, 5) is 16.7. The van der Waals surface area contributed by atoms with Crippen LogP contribution in [0.4, 0.5) is 0 Å². The van der Waals surface area contributed by atoms with Gasteiger partial charge in [-0.15, -0.1) is 0 Å². The molecule has 2 aliphatic heterocycles. The molecule has 2 heterocycles. The second-order valence-corrected chi connectivity index (χ2v) is 6.85. The molecule has 0 bridgehead atoms. The molecular formula is C17H32N2O2. The monoisotopic (exact) mass is 296 g/mol. The van der Waals surface area contributed by atoms with Gasteiger partial charge in [0.15, 0.2) is 0 Å². The Hall–Kier alpha value is -0.610. The van der Waals surface area contributed by atoms with E-state index in [1.807, 2.05) is 0 Å². The summed E-state index contributed by atoms with van der Waals surface area (Å²) < 4.78 is 4.86. The predicted octanol–water partition coefficient (Wildman–Crippen LogP) is 2.52. The SMILES string of the molecule is COC(=O)C1CCN(C(C)CCC(C)N2CCCC2)CC1. The summed E-state index contributed by atoms with van der Waals surface area (Å²) >= 11 is 0. The number of hydrogen-bond acceptors (Lipinski definition) is 4. The Labute approximate surface area is 129 Å². The first-order valence-corrected chi connectivity index (χ1v) is 8.67. The highest BCUT2D eigenvalue weighted by molar-refractivity contribution is 5.72. The molecule has 4 nitrogen and oxygen atoms in total. The molecule has 2 fully saturated rings. The van der Waals surface area contributed by atoms with E-state index in [-0.39, 0.29) is 11.9 Å². The van der Waals surface area contributed by atoms with E-state index in [1.54, 1.807) is 0 Å². The second kappa shape index (κ2) is 8.14. The van der Waals surface area contributed by atoms with E-state index in [1.165, 1.54) is 45.9 Å². The summed E-state index contributed by atoms with van der Waals surface area (Å²) in [5.74, 6) is 0.104. The van der Waals surface area contributed by atoms with E-state index in [2.05, 4.69) is 23.6 Å². The van der Waals surface area contributed by atoms with Crippen LogP contribution in [0.15, 0.2) is 0 Å². The van der Waals surface area contributed by atoms with E-state index < -0.39 is 0 Å². The Balaban J connectivity index is 1.67. The molecule has 122 valence electrons. The van der Waals surface area contributed by atoms with Crippen LogP contribution in [0.3, 0.4) is 0 Å². The maximum Gasteiger partial charge on any atom is 0.308 e. The van der Waals surface area contributed by atoms with Crippen molar-refractivity contribution < 1.29 is 9.53 Å². The van der Waals surface area contributed by atoms with Gasteiger partial charge in [0.05, 0.1) is 13.0 Å².